The molecule has 2 heterocycles. The highest BCUT2D eigenvalue weighted by molar-refractivity contribution is 5.67. The van der Waals surface area contributed by atoms with Crippen molar-refractivity contribution >= 4 is 0 Å². The largest absolute Gasteiger partial charge is 0.491 e. The molecule has 2 aliphatic rings. The van der Waals surface area contributed by atoms with Gasteiger partial charge in [-0.3, -0.25) is 0 Å². The quantitative estimate of drug-likeness (QED) is 0.548. The van der Waals surface area contributed by atoms with Gasteiger partial charge < -0.3 is 23.7 Å². The number of hydrogen-bond donors (Lipinski definition) is 0. The van der Waals surface area contributed by atoms with Crippen LogP contribution in [0.5, 0.6) is 11.5 Å². The minimum atomic E-state index is -3.06. The van der Waals surface area contributed by atoms with Crippen LogP contribution in [0.4, 0.5) is 8.78 Å². The smallest absolute Gasteiger partial charge is 0.299 e. The van der Waals surface area contributed by atoms with Gasteiger partial charge in [0.1, 0.15) is 24.2 Å². The van der Waals surface area contributed by atoms with Crippen LogP contribution in [0.25, 0.3) is 11.1 Å². The zero-order chi connectivity index (χ0) is 21.7. The van der Waals surface area contributed by atoms with Crippen molar-refractivity contribution in [3.05, 3.63) is 60.7 Å². The third-order valence-electron chi connectivity index (χ3n) is 5.28. The maximum atomic E-state index is 13.3. The predicted octanol–water partition coefficient (Wildman–Crippen LogP) is 4.46. The second-order valence-corrected chi connectivity index (χ2v) is 7.68. The zero-order valence-electron chi connectivity index (χ0n) is 17.2. The van der Waals surface area contributed by atoms with Gasteiger partial charge in [-0.15, -0.1) is 0 Å². The molecule has 2 aromatic carbocycles. The topological polar surface area (TPSA) is 46.2 Å². The second kappa shape index (κ2) is 9.77. The summed E-state index contributed by atoms with van der Waals surface area (Å²) in [5.41, 5.74) is 3.06. The molecule has 0 N–H and O–H groups in total. The van der Waals surface area contributed by atoms with Crippen LogP contribution in [0.15, 0.2) is 55.1 Å². The average molecular weight is 432 g/mol. The SMILES string of the molecule is C=CC(F)(F)COc1ccc(-c2cc(OCC3COCCO3)cc(C3COC3)c2)cc1. The van der Waals surface area contributed by atoms with Crippen molar-refractivity contribution in [3.63, 3.8) is 0 Å². The van der Waals surface area contributed by atoms with Crippen molar-refractivity contribution in [3.8, 4) is 22.6 Å². The molecule has 0 aromatic heterocycles. The lowest BCUT2D eigenvalue weighted by atomic mass is 9.93. The van der Waals surface area contributed by atoms with Gasteiger partial charge in [-0.25, -0.2) is 0 Å². The van der Waals surface area contributed by atoms with Gasteiger partial charge in [0.2, 0.25) is 0 Å². The standard InChI is InChI=1S/C24H26F2O5/c1-2-24(25,26)16-31-21-5-3-17(4-6-21)18-9-19(20-12-28-13-20)11-22(10-18)30-15-23-14-27-7-8-29-23/h2-6,9-11,20,23H,1,7-8,12-16H2. The van der Waals surface area contributed by atoms with E-state index in [2.05, 4.69) is 12.6 Å². The maximum absolute atomic E-state index is 13.3. The molecule has 4 rings (SSSR count). The van der Waals surface area contributed by atoms with E-state index in [-0.39, 0.29) is 6.10 Å². The summed E-state index contributed by atoms with van der Waals surface area (Å²) in [6.45, 7) is 5.88. The summed E-state index contributed by atoms with van der Waals surface area (Å²) in [6, 6.07) is 13.2. The lowest BCUT2D eigenvalue weighted by molar-refractivity contribution is -0.101. The lowest BCUT2D eigenvalue weighted by Crippen LogP contribution is -2.33. The second-order valence-electron chi connectivity index (χ2n) is 7.68. The Morgan fingerprint density at radius 1 is 0.935 bits per heavy atom. The van der Waals surface area contributed by atoms with E-state index in [1.54, 1.807) is 12.1 Å². The molecule has 0 spiro atoms. The summed E-state index contributed by atoms with van der Waals surface area (Å²) in [5.74, 6) is -1.60. The van der Waals surface area contributed by atoms with Gasteiger partial charge in [-0.1, -0.05) is 24.8 Å². The van der Waals surface area contributed by atoms with E-state index in [0.717, 1.165) is 22.4 Å². The number of hydrogen-bond acceptors (Lipinski definition) is 5. The highest BCUT2D eigenvalue weighted by Crippen LogP contribution is 2.33. The third-order valence-corrected chi connectivity index (χ3v) is 5.28. The van der Waals surface area contributed by atoms with Gasteiger partial charge in [0.05, 0.1) is 33.0 Å². The van der Waals surface area contributed by atoms with Gasteiger partial charge >= 0.3 is 0 Å². The van der Waals surface area contributed by atoms with Crippen molar-refractivity contribution < 1.29 is 32.5 Å². The summed E-state index contributed by atoms with van der Waals surface area (Å²) in [5, 5.41) is 0. The molecule has 0 saturated carbocycles. The van der Waals surface area contributed by atoms with E-state index < -0.39 is 12.5 Å². The lowest BCUT2D eigenvalue weighted by Gasteiger charge is -2.28. The average Bonchev–Trinajstić information content (AvgIpc) is 2.76. The molecule has 0 aliphatic carbocycles. The molecular weight excluding hydrogens is 406 g/mol. The van der Waals surface area contributed by atoms with Crippen molar-refractivity contribution in [2.75, 3.05) is 46.2 Å². The normalized spacial score (nSPS) is 19.5. The minimum Gasteiger partial charge on any atom is -0.491 e. The first kappa shape index (κ1) is 21.7. The highest BCUT2D eigenvalue weighted by Gasteiger charge is 2.25. The van der Waals surface area contributed by atoms with E-state index in [9.17, 15) is 8.78 Å². The summed E-state index contributed by atoms with van der Waals surface area (Å²) in [4.78, 5) is 0. The van der Waals surface area contributed by atoms with Gasteiger partial charge in [-0.2, -0.15) is 8.78 Å². The van der Waals surface area contributed by atoms with E-state index in [1.165, 1.54) is 0 Å². The Bertz CT molecular complexity index is 874. The van der Waals surface area contributed by atoms with Crippen LogP contribution < -0.4 is 9.47 Å². The first-order valence-corrected chi connectivity index (χ1v) is 10.3. The first-order valence-electron chi connectivity index (χ1n) is 10.3. The number of benzene rings is 2. The molecule has 2 fully saturated rings. The molecule has 5 nitrogen and oxygen atoms in total. The summed E-state index contributed by atoms with van der Waals surface area (Å²) in [6.07, 6.45) is 0.501. The fourth-order valence-electron chi connectivity index (χ4n) is 3.34. The fourth-order valence-corrected chi connectivity index (χ4v) is 3.34. The monoisotopic (exact) mass is 432 g/mol. The molecule has 2 aliphatic heterocycles. The Labute approximate surface area is 180 Å². The third kappa shape index (κ3) is 5.81. The van der Waals surface area contributed by atoms with E-state index in [4.69, 9.17) is 23.7 Å². The first-order chi connectivity index (χ1) is 15.0. The van der Waals surface area contributed by atoms with Crippen molar-refractivity contribution in [1.82, 2.24) is 0 Å². The van der Waals surface area contributed by atoms with E-state index in [0.29, 0.717) is 57.4 Å². The molecular formula is C24H26F2O5. The van der Waals surface area contributed by atoms with Crippen LogP contribution >= 0.6 is 0 Å². The summed E-state index contributed by atoms with van der Waals surface area (Å²) < 4.78 is 54.2. The van der Waals surface area contributed by atoms with Crippen LogP contribution in [0, 0.1) is 0 Å². The maximum Gasteiger partial charge on any atom is 0.299 e. The van der Waals surface area contributed by atoms with Crippen molar-refractivity contribution in [2.24, 2.45) is 0 Å². The summed E-state index contributed by atoms with van der Waals surface area (Å²) >= 11 is 0. The molecule has 2 aromatic rings. The minimum absolute atomic E-state index is 0.0852. The molecule has 1 unspecified atom stereocenters. The van der Waals surface area contributed by atoms with Crippen LogP contribution in [-0.2, 0) is 14.2 Å². The molecule has 2 saturated heterocycles. The van der Waals surface area contributed by atoms with Crippen LogP contribution in [0.2, 0.25) is 0 Å². The van der Waals surface area contributed by atoms with E-state index in [1.807, 2.05) is 24.3 Å². The van der Waals surface area contributed by atoms with E-state index >= 15 is 0 Å². The van der Waals surface area contributed by atoms with Crippen LogP contribution in [0.3, 0.4) is 0 Å². The molecule has 31 heavy (non-hydrogen) atoms. The van der Waals surface area contributed by atoms with Gasteiger partial charge in [-0.05, 0) is 47.0 Å². The number of rotatable bonds is 9. The Morgan fingerprint density at radius 2 is 1.74 bits per heavy atom. The van der Waals surface area contributed by atoms with Gasteiger partial charge in [0, 0.05) is 5.92 Å². The fraction of sp³-hybridized carbons (Fsp3) is 0.417. The summed E-state index contributed by atoms with van der Waals surface area (Å²) in [7, 11) is 0. The Kier molecular flexibility index (Phi) is 6.85. The Balaban J connectivity index is 1.48. The van der Waals surface area contributed by atoms with Crippen molar-refractivity contribution in [2.45, 2.75) is 17.9 Å². The zero-order valence-corrected chi connectivity index (χ0v) is 17.2. The molecule has 7 heteroatoms. The molecule has 0 bridgehead atoms. The van der Waals surface area contributed by atoms with Crippen LogP contribution in [-0.4, -0.2) is 58.3 Å². The molecule has 0 radical (unpaired) electrons. The Hall–Kier alpha value is -2.48. The van der Waals surface area contributed by atoms with Crippen molar-refractivity contribution in [1.29, 1.82) is 0 Å². The highest BCUT2D eigenvalue weighted by atomic mass is 19.3. The predicted molar refractivity (Wildman–Crippen MR) is 112 cm³/mol. The Morgan fingerprint density at radius 3 is 2.39 bits per heavy atom. The number of alkyl halides is 2. The molecule has 166 valence electrons. The van der Waals surface area contributed by atoms with Gasteiger partial charge in [0.15, 0.2) is 6.61 Å². The van der Waals surface area contributed by atoms with Crippen LogP contribution in [0.1, 0.15) is 11.5 Å². The van der Waals surface area contributed by atoms with Gasteiger partial charge in [0.25, 0.3) is 5.92 Å². The number of halogens is 2. The molecule has 0 amide bonds. The number of ether oxygens (including phenoxy) is 5. The molecule has 1 atom stereocenters.